The van der Waals surface area contributed by atoms with Crippen LogP contribution in [0.25, 0.3) is 0 Å². The summed E-state index contributed by atoms with van der Waals surface area (Å²) in [6.07, 6.45) is 7.89. The molecule has 1 saturated carbocycles. The van der Waals surface area contributed by atoms with E-state index >= 15 is 0 Å². The van der Waals surface area contributed by atoms with E-state index in [2.05, 4.69) is 25.2 Å². The lowest BCUT2D eigenvalue weighted by Crippen LogP contribution is -2.40. The molecule has 1 aliphatic carbocycles. The molecule has 3 heteroatoms. The Morgan fingerprint density at radius 2 is 2.00 bits per heavy atom. The van der Waals surface area contributed by atoms with Gasteiger partial charge in [0.1, 0.15) is 0 Å². The highest BCUT2D eigenvalue weighted by Crippen LogP contribution is 2.34. The minimum atomic E-state index is 0.557. The Kier molecular flexibility index (Phi) is 6.85. The van der Waals surface area contributed by atoms with Gasteiger partial charge < -0.3 is 5.32 Å². The fraction of sp³-hybridized carbons (Fsp3) is 0.667. The number of nitrogens with one attached hydrogen (secondary N) is 1. The highest BCUT2D eigenvalue weighted by Gasteiger charge is 2.27. The van der Waals surface area contributed by atoms with Crippen LogP contribution in [0.15, 0.2) is 18.2 Å². The van der Waals surface area contributed by atoms with E-state index in [1.165, 1.54) is 37.7 Å². The highest BCUT2D eigenvalue weighted by atomic mass is 35.5. The molecule has 1 aromatic carbocycles. The number of hydrogen-bond acceptors (Lipinski definition) is 1. The lowest BCUT2D eigenvalue weighted by atomic mass is 9.75. The van der Waals surface area contributed by atoms with E-state index in [0.717, 1.165) is 24.8 Å². The number of likely N-dealkylation sites (N-methyl/N-ethyl adjacent to an activating group) is 1. The van der Waals surface area contributed by atoms with Crippen molar-refractivity contribution in [2.24, 2.45) is 11.8 Å². The Morgan fingerprint density at radius 3 is 2.67 bits per heavy atom. The summed E-state index contributed by atoms with van der Waals surface area (Å²) in [6.45, 7) is 5.55. The molecule has 118 valence electrons. The quantitative estimate of drug-likeness (QED) is 0.703. The third-order valence-corrected chi connectivity index (χ3v) is 5.61. The molecule has 3 unspecified atom stereocenters. The van der Waals surface area contributed by atoms with Gasteiger partial charge in [-0.3, -0.25) is 0 Å². The first-order chi connectivity index (χ1) is 10.1. The van der Waals surface area contributed by atoms with Crippen molar-refractivity contribution in [3.63, 3.8) is 0 Å². The molecule has 1 N–H and O–H groups in total. The van der Waals surface area contributed by atoms with Crippen LogP contribution >= 0.6 is 23.2 Å². The molecule has 0 spiro atoms. The van der Waals surface area contributed by atoms with Crippen LogP contribution in [0, 0.1) is 11.8 Å². The molecule has 0 aliphatic heterocycles. The minimum absolute atomic E-state index is 0.557. The minimum Gasteiger partial charge on any atom is -0.314 e. The van der Waals surface area contributed by atoms with Gasteiger partial charge in [0.05, 0.1) is 10.0 Å². The first-order valence-electron chi connectivity index (χ1n) is 8.31. The maximum Gasteiger partial charge on any atom is 0.0595 e. The SMILES string of the molecule is CCNC(Cc1ccc(Cl)c(Cl)c1)C1CCCC(CC)C1. The Morgan fingerprint density at radius 1 is 1.19 bits per heavy atom. The maximum absolute atomic E-state index is 6.15. The first kappa shape index (κ1) is 17.1. The largest absolute Gasteiger partial charge is 0.314 e. The Labute approximate surface area is 139 Å². The zero-order valence-corrected chi connectivity index (χ0v) is 14.7. The third kappa shape index (κ3) is 4.87. The van der Waals surface area contributed by atoms with Crippen molar-refractivity contribution in [2.75, 3.05) is 6.54 Å². The number of halogens is 2. The van der Waals surface area contributed by atoms with Crippen molar-refractivity contribution < 1.29 is 0 Å². The zero-order valence-electron chi connectivity index (χ0n) is 13.2. The molecule has 1 aromatic rings. The number of hydrogen-bond donors (Lipinski definition) is 1. The van der Waals surface area contributed by atoms with Gasteiger partial charge in [0, 0.05) is 6.04 Å². The van der Waals surface area contributed by atoms with E-state index in [9.17, 15) is 0 Å². The second-order valence-electron chi connectivity index (χ2n) is 6.32. The molecule has 21 heavy (non-hydrogen) atoms. The molecule has 0 amide bonds. The Bertz CT molecular complexity index is 447. The summed E-state index contributed by atoms with van der Waals surface area (Å²) >= 11 is 12.2. The van der Waals surface area contributed by atoms with Crippen LogP contribution in [-0.4, -0.2) is 12.6 Å². The maximum atomic E-state index is 6.15. The average molecular weight is 328 g/mol. The van der Waals surface area contributed by atoms with Crippen LogP contribution in [-0.2, 0) is 6.42 Å². The molecule has 1 fully saturated rings. The molecule has 1 nitrogen and oxygen atoms in total. The summed E-state index contributed by atoms with van der Waals surface area (Å²) in [5, 5.41) is 5.01. The van der Waals surface area contributed by atoms with Gasteiger partial charge in [-0.15, -0.1) is 0 Å². The van der Waals surface area contributed by atoms with Crippen LogP contribution in [0.2, 0.25) is 10.0 Å². The van der Waals surface area contributed by atoms with Gasteiger partial charge >= 0.3 is 0 Å². The van der Waals surface area contributed by atoms with Crippen LogP contribution in [0.3, 0.4) is 0 Å². The first-order valence-corrected chi connectivity index (χ1v) is 9.06. The van der Waals surface area contributed by atoms with Crippen molar-refractivity contribution in [1.82, 2.24) is 5.32 Å². The van der Waals surface area contributed by atoms with Crippen molar-refractivity contribution in [2.45, 2.75) is 58.4 Å². The van der Waals surface area contributed by atoms with Gasteiger partial charge in [0.15, 0.2) is 0 Å². The monoisotopic (exact) mass is 327 g/mol. The number of rotatable bonds is 6. The van der Waals surface area contributed by atoms with Gasteiger partial charge in [0.2, 0.25) is 0 Å². The van der Waals surface area contributed by atoms with E-state index in [4.69, 9.17) is 23.2 Å². The summed E-state index contributed by atoms with van der Waals surface area (Å²) in [4.78, 5) is 0. The summed E-state index contributed by atoms with van der Waals surface area (Å²) in [5.41, 5.74) is 1.29. The topological polar surface area (TPSA) is 12.0 Å². The summed E-state index contributed by atoms with van der Waals surface area (Å²) in [7, 11) is 0. The second-order valence-corrected chi connectivity index (χ2v) is 7.13. The van der Waals surface area contributed by atoms with Crippen LogP contribution in [0.4, 0.5) is 0 Å². The lowest BCUT2D eigenvalue weighted by Gasteiger charge is -2.35. The fourth-order valence-corrected chi connectivity index (χ4v) is 3.98. The van der Waals surface area contributed by atoms with E-state index < -0.39 is 0 Å². The van der Waals surface area contributed by atoms with Crippen LogP contribution in [0.1, 0.15) is 51.5 Å². The Balaban J connectivity index is 2.05. The molecule has 0 bridgehead atoms. The van der Waals surface area contributed by atoms with Crippen LogP contribution in [0.5, 0.6) is 0 Å². The standard InChI is InChI=1S/C18H27Cl2N/c1-3-13-6-5-7-15(10-13)18(21-4-2)12-14-8-9-16(19)17(20)11-14/h8-9,11,13,15,18,21H,3-7,10,12H2,1-2H3. The molecule has 0 saturated heterocycles. The molecule has 3 atom stereocenters. The van der Waals surface area contributed by atoms with Gasteiger partial charge in [-0.05, 0) is 55.3 Å². The smallest absolute Gasteiger partial charge is 0.0595 e. The molecular formula is C18H27Cl2N. The normalized spacial score (nSPS) is 24.0. The van der Waals surface area contributed by atoms with Gasteiger partial charge in [-0.1, -0.05) is 62.4 Å². The van der Waals surface area contributed by atoms with Crippen molar-refractivity contribution in [3.05, 3.63) is 33.8 Å². The van der Waals surface area contributed by atoms with E-state index in [1.807, 2.05) is 12.1 Å². The molecule has 0 aromatic heterocycles. The molecule has 0 heterocycles. The molecule has 1 aliphatic rings. The molecule has 2 rings (SSSR count). The fourth-order valence-electron chi connectivity index (χ4n) is 3.66. The molecule has 0 radical (unpaired) electrons. The third-order valence-electron chi connectivity index (χ3n) is 4.88. The van der Waals surface area contributed by atoms with Gasteiger partial charge in [-0.2, -0.15) is 0 Å². The second kappa shape index (κ2) is 8.41. The zero-order chi connectivity index (χ0) is 15.2. The predicted molar refractivity (Wildman–Crippen MR) is 93.4 cm³/mol. The lowest BCUT2D eigenvalue weighted by molar-refractivity contribution is 0.208. The van der Waals surface area contributed by atoms with Crippen LogP contribution < -0.4 is 5.32 Å². The van der Waals surface area contributed by atoms with Gasteiger partial charge in [-0.25, -0.2) is 0 Å². The van der Waals surface area contributed by atoms with Crippen molar-refractivity contribution in [3.8, 4) is 0 Å². The Hall–Kier alpha value is -0.240. The van der Waals surface area contributed by atoms with E-state index in [1.54, 1.807) is 0 Å². The highest BCUT2D eigenvalue weighted by molar-refractivity contribution is 6.42. The number of benzene rings is 1. The van der Waals surface area contributed by atoms with Crippen molar-refractivity contribution in [1.29, 1.82) is 0 Å². The van der Waals surface area contributed by atoms with Crippen molar-refractivity contribution >= 4 is 23.2 Å². The predicted octanol–water partition coefficient (Wildman–Crippen LogP) is 5.73. The summed E-state index contributed by atoms with van der Waals surface area (Å²) in [5.74, 6) is 1.71. The van der Waals surface area contributed by atoms with E-state index in [-0.39, 0.29) is 0 Å². The van der Waals surface area contributed by atoms with Gasteiger partial charge in [0.25, 0.3) is 0 Å². The molecular weight excluding hydrogens is 301 g/mol. The van der Waals surface area contributed by atoms with E-state index in [0.29, 0.717) is 16.1 Å². The summed E-state index contributed by atoms with van der Waals surface area (Å²) in [6, 6.07) is 6.60. The average Bonchev–Trinajstić information content (AvgIpc) is 2.50. The summed E-state index contributed by atoms with van der Waals surface area (Å²) < 4.78 is 0.